The maximum absolute atomic E-state index is 9.51. The molecule has 0 saturated carbocycles. The normalized spacial score (nSPS) is 16.6. The van der Waals surface area contributed by atoms with E-state index in [1.165, 1.54) is 36.8 Å². The number of nitriles is 1. The van der Waals surface area contributed by atoms with E-state index in [1.54, 1.807) is 0 Å². The van der Waals surface area contributed by atoms with Gasteiger partial charge in [-0.05, 0) is 49.3 Å². The van der Waals surface area contributed by atoms with Crippen molar-refractivity contribution in [2.45, 2.75) is 45.1 Å². The van der Waals surface area contributed by atoms with Gasteiger partial charge in [0.1, 0.15) is 23.3 Å². The van der Waals surface area contributed by atoms with Gasteiger partial charge >= 0.3 is 0 Å². The molecule has 1 aromatic heterocycles. The maximum atomic E-state index is 9.51. The average molecular weight is 263 g/mol. The summed E-state index contributed by atoms with van der Waals surface area (Å²) in [5, 5.41) is 9.51. The van der Waals surface area contributed by atoms with Crippen molar-refractivity contribution in [1.29, 1.82) is 5.26 Å². The summed E-state index contributed by atoms with van der Waals surface area (Å²) in [5.74, 6) is 1.09. The van der Waals surface area contributed by atoms with Gasteiger partial charge in [0, 0.05) is 18.5 Å². The van der Waals surface area contributed by atoms with E-state index >= 15 is 0 Å². The van der Waals surface area contributed by atoms with Crippen LogP contribution in [0.3, 0.4) is 0 Å². The third kappa shape index (κ3) is 1.68. The predicted molar refractivity (Wildman–Crippen MR) is 77.3 cm³/mol. The molecule has 3 nitrogen and oxygen atoms in total. The summed E-state index contributed by atoms with van der Waals surface area (Å²) in [4.78, 5) is 4.76. The molecule has 3 heteroatoms. The van der Waals surface area contributed by atoms with E-state index in [-0.39, 0.29) is 0 Å². The van der Waals surface area contributed by atoms with Crippen molar-refractivity contribution in [2.75, 3.05) is 0 Å². The van der Waals surface area contributed by atoms with E-state index in [2.05, 4.69) is 28.8 Å². The van der Waals surface area contributed by atoms with Crippen molar-refractivity contribution in [1.82, 2.24) is 9.55 Å². The molecule has 0 atom stereocenters. The first-order chi connectivity index (χ1) is 9.86. The van der Waals surface area contributed by atoms with Crippen LogP contribution in [0.1, 0.15) is 41.9 Å². The zero-order valence-corrected chi connectivity index (χ0v) is 11.5. The Hall–Kier alpha value is -2.08. The number of aromatic nitrogens is 2. The molecule has 4 rings (SSSR count). The molecule has 0 unspecified atom stereocenters. The lowest BCUT2D eigenvalue weighted by molar-refractivity contribution is 0.519. The SMILES string of the molecule is N#Cc1c(-c2ccc3c(c2)CCC3)nc2n1CCCC2. The Bertz CT molecular complexity index is 719. The molecule has 0 bridgehead atoms. The summed E-state index contributed by atoms with van der Waals surface area (Å²) in [7, 11) is 0. The number of hydrogen-bond donors (Lipinski definition) is 0. The number of fused-ring (bicyclic) bond motifs is 2. The number of rotatable bonds is 1. The van der Waals surface area contributed by atoms with Crippen molar-refractivity contribution < 1.29 is 0 Å². The van der Waals surface area contributed by atoms with Gasteiger partial charge in [-0.3, -0.25) is 0 Å². The molecule has 1 aliphatic carbocycles. The maximum Gasteiger partial charge on any atom is 0.148 e. The number of benzene rings is 1. The topological polar surface area (TPSA) is 41.6 Å². The third-order valence-electron chi connectivity index (χ3n) is 4.56. The minimum Gasteiger partial charge on any atom is -0.319 e. The van der Waals surface area contributed by atoms with Crippen molar-refractivity contribution >= 4 is 0 Å². The second-order valence-corrected chi connectivity index (χ2v) is 5.78. The molecule has 2 aliphatic rings. The molecule has 0 saturated heterocycles. The van der Waals surface area contributed by atoms with Gasteiger partial charge in [0.2, 0.25) is 0 Å². The number of nitrogens with zero attached hydrogens (tertiary/aromatic N) is 3. The molecule has 1 aliphatic heterocycles. The molecular weight excluding hydrogens is 246 g/mol. The molecule has 20 heavy (non-hydrogen) atoms. The minimum atomic E-state index is 0.748. The quantitative estimate of drug-likeness (QED) is 0.792. The highest BCUT2D eigenvalue weighted by molar-refractivity contribution is 5.67. The number of aryl methyl sites for hydroxylation is 3. The Morgan fingerprint density at radius 1 is 1.05 bits per heavy atom. The van der Waals surface area contributed by atoms with Crippen molar-refractivity contribution in [2.24, 2.45) is 0 Å². The second-order valence-electron chi connectivity index (χ2n) is 5.78. The lowest BCUT2D eigenvalue weighted by atomic mass is 10.0. The van der Waals surface area contributed by atoms with Crippen molar-refractivity contribution in [3.63, 3.8) is 0 Å². The summed E-state index contributed by atoms with van der Waals surface area (Å²) < 4.78 is 2.12. The third-order valence-corrected chi connectivity index (χ3v) is 4.56. The minimum absolute atomic E-state index is 0.748. The first kappa shape index (κ1) is 11.7. The lowest BCUT2D eigenvalue weighted by Crippen LogP contribution is -2.11. The van der Waals surface area contributed by atoms with E-state index in [0.29, 0.717) is 0 Å². The van der Waals surface area contributed by atoms with Crippen LogP contribution in [0, 0.1) is 11.3 Å². The van der Waals surface area contributed by atoms with Crippen LogP contribution in [0.15, 0.2) is 18.2 Å². The molecule has 100 valence electrons. The Balaban J connectivity index is 1.86. The van der Waals surface area contributed by atoms with Crippen LogP contribution in [0.5, 0.6) is 0 Å². The predicted octanol–water partition coefficient (Wildman–Crippen LogP) is 3.25. The highest BCUT2D eigenvalue weighted by Crippen LogP contribution is 2.31. The van der Waals surface area contributed by atoms with Crippen LogP contribution in [0.25, 0.3) is 11.3 Å². The van der Waals surface area contributed by atoms with Gasteiger partial charge in [0.25, 0.3) is 0 Å². The van der Waals surface area contributed by atoms with Crippen LogP contribution >= 0.6 is 0 Å². The Morgan fingerprint density at radius 3 is 2.85 bits per heavy atom. The van der Waals surface area contributed by atoms with E-state index in [0.717, 1.165) is 42.2 Å². The summed E-state index contributed by atoms with van der Waals surface area (Å²) in [5.41, 5.74) is 5.66. The zero-order chi connectivity index (χ0) is 13.5. The first-order valence-electron chi connectivity index (χ1n) is 7.48. The van der Waals surface area contributed by atoms with Gasteiger partial charge in [-0.25, -0.2) is 4.98 Å². The van der Waals surface area contributed by atoms with Crippen molar-refractivity contribution in [3.8, 4) is 17.3 Å². The number of imidazole rings is 1. The average Bonchev–Trinajstić information content (AvgIpc) is 3.10. The van der Waals surface area contributed by atoms with Crippen molar-refractivity contribution in [3.05, 3.63) is 40.8 Å². The van der Waals surface area contributed by atoms with Crippen LogP contribution in [-0.4, -0.2) is 9.55 Å². The first-order valence-corrected chi connectivity index (χ1v) is 7.48. The van der Waals surface area contributed by atoms with E-state index in [1.807, 2.05) is 0 Å². The van der Waals surface area contributed by atoms with E-state index < -0.39 is 0 Å². The highest BCUT2D eigenvalue weighted by Gasteiger charge is 2.21. The fourth-order valence-corrected chi connectivity index (χ4v) is 3.52. The van der Waals surface area contributed by atoms with Crippen LogP contribution in [0.4, 0.5) is 0 Å². The number of hydrogen-bond acceptors (Lipinski definition) is 2. The molecule has 2 aromatic rings. The van der Waals surface area contributed by atoms with Crippen LogP contribution in [0.2, 0.25) is 0 Å². The summed E-state index contributed by atoms with van der Waals surface area (Å²) in [6, 6.07) is 8.98. The van der Waals surface area contributed by atoms with E-state index in [9.17, 15) is 5.26 Å². The fraction of sp³-hybridized carbons (Fsp3) is 0.412. The molecular formula is C17H17N3. The molecule has 0 N–H and O–H groups in total. The Kier molecular flexibility index (Phi) is 2.63. The van der Waals surface area contributed by atoms with Crippen LogP contribution < -0.4 is 0 Å². The zero-order valence-electron chi connectivity index (χ0n) is 11.5. The molecule has 1 aromatic carbocycles. The van der Waals surface area contributed by atoms with Gasteiger partial charge in [0.05, 0.1) is 0 Å². The summed E-state index contributed by atoms with van der Waals surface area (Å²) in [6.07, 6.45) is 6.95. The smallest absolute Gasteiger partial charge is 0.148 e. The van der Waals surface area contributed by atoms with Crippen LogP contribution in [-0.2, 0) is 25.8 Å². The van der Waals surface area contributed by atoms with Gasteiger partial charge in [-0.2, -0.15) is 5.26 Å². The largest absolute Gasteiger partial charge is 0.319 e. The molecule has 0 amide bonds. The summed E-state index contributed by atoms with van der Waals surface area (Å²) >= 11 is 0. The lowest BCUT2D eigenvalue weighted by Gasteiger charge is -2.13. The van der Waals surface area contributed by atoms with E-state index in [4.69, 9.17) is 4.98 Å². The van der Waals surface area contributed by atoms with Gasteiger partial charge < -0.3 is 4.57 Å². The standard InChI is InChI=1S/C17H17N3/c18-11-15-17(19-16-6-1-2-9-20(15)16)14-8-7-12-4-3-5-13(12)10-14/h7-8,10H,1-6,9H2. The Labute approximate surface area is 118 Å². The Morgan fingerprint density at radius 2 is 1.95 bits per heavy atom. The molecule has 0 fully saturated rings. The molecule has 0 spiro atoms. The van der Waals surface area contributed by atoms with Gasteiger partial charge in [-0.1, -0.05) is 12.1 Å². The summed E-state index contributed by atoms with van der Waals surface area (Å²) in [6.45, 7) is 0.941. The molecule has 0 radical (unpaired) electrons. The highest BCUT2D eigenvalue weighted by atomic mass is 15.1. The molecule has 2 heterocycles. The second kappa shape index (κ2) is 4.49. The fourth-order valence-electron chi connectivity index (χ4n) is 3.52. The van der Waals surface area contributed by atoms with Gasteiger partial charge in [-0.15, -0.1) is 0 Å². The monoisotopic (exact) mass is 263 g/mol. The van der Waals surface area contributed by atoms with Gasteiger partial charge in [0.15, 0.2) is 0 Å².